The predicted molar refractivity (Wildman–Crippen MR) is 64.9 cm³/mol. The zero-order valence-electron chi connectivity index (χ0n) is 10.1. The van der Waals surface area contributed by atoms with Crippen molar-refractivity contribution in [3.05, 3.63) is 29.8 Å². The Morgan fingerprint density at radius 2 is 2.22 bits per heavy atom. The lowest BCUT2D eigenvalue weighted by molar-refractivity contribution is 0.402. The van der Waals surface area contributed by atoms with Crippen LogP contribution in [0.25, 0.3) is 11.4 Å². The lowest BCUT2D eigenvalue weighted by Crippen LogP contribution is -2.10. The number of rotatable bonds is 3. The summed E-state index contributed by atoms with van der Waals surface area (Å²) in [6.07, 6.45) is 3.50. The number of nitrogens with zero attached hydrogens (tertiary/aromatic N) is 2. The molecule has 1 aromatic carbocycles. The summed E-state index contributed by atoms with van der Waals surface area (Å²) in [5.74, 6) is 1.98. The molecule has 1 aliphatic carbocycles. The van der Waals surface area contributed by atoms with E-state index in [2.05, 4.69) is 15.2 Å². The van der Waals surface area contributed by atoms with E-state index >= 15 is 0 Å². The second-order valence-corrected chi connectivity index (χ2v) is 4.52. The molecule has 0 unspecified atom stereocenters. The standard InChI is InChI=1S/C13H14FN3O/c1-18-9-5-6-11(14)10(7-9)13-15-12(16-17-13)8-3-2-4-8/h5-8H,2-4H2,1H3,(H,15,16,17). The minimum Gasteiger partial charge on any atom is -0.497 e. The zero-order chi connectivity index (χ0) is 12.5. The normalized spacial score (nSPS) is 15.4. The maximum absolute atomic E-state index is 13.7. The maximum atomic E-state index is 13.7. The molecule has 2 aromatic rings. The highest BCUT2D eigenvalue weighted by atomic mass is 19.1. The van der Waals surface area contributed by atoms with Gasteiger partial charge in [-0.1, -0.05) is 6.42 Å². The van der Waals surface area contributed by atoms with Gasteiger partial charge in [0.25, 0.3) is 0 Å². The van der Waals surface area contributed by atoms with Gasteiger partial charge in [0, 0.05) is 5.92 Å². The van der Waals surface area contributed by atoms with Crippen molar-refractivity contribution in [1.29, 1.82) is 0 Å². The molecule has 0 spiro atoms. The largest absolute Gasteiger partial charge is 0.497 e. The number of hydrogen-bond acceptors (Lipinski definition) is 3. The Kier molecular flexibility index (Phi) is 2.74. The Bertz CT molecular complexity index is 563. The molecule has 18 heavy (non-hydrogen) atoms. The molecule has 1 saturated carbocycles. The van der Waals surface area contributed by atoms with E-state index in [1.54, 1.807) is 19.2 Å². The Labute approximate surface area is 104 Å². The van der Waals surface area contributed by atoms with E-state index in [0.717, 1.165) is 18.7 Å². The fraction of sp³-hybridized carbons (Fsp3) is 0.385. The number of methoxy groups -OCH3 is 1. The van der Waals surface area contributed by atoms with Gasteiger partial charge in [-0.3, -0.25) is 5.10 Å². The fourth-order valence-corrected chi connectivity index (χ4v) is 2.06. The summed E-state index contributed by atoms with van der Waals surface area (Å²) in [4.78, 5) is 4.38. The molecule has 0 aliphatic heterocycles. The van der Waals surface area contributed by atoms with Gasteiger partial charge in [0.05, 0.1) is 12.7 Å². The van der Waals surface area contributed by atoms with Crippen LogP contribution in [-0.4, -0.2) is 22.3 Å². The molecular weight excluding hydrogens is 233 g/mol. The molecule has 0 amide bonds. The van der Waals surface area contributed by atoms with Crippen LogP contribution in [-0.2, 0) is 0 Å². The van der Waals surface area contributed by atoms with Crippen LogP contribution in [0.2, 0.25) is 0 Å². The molecular formula is C13H14FN3O. The summed E-state index contributed by atoms with van der Waals surface area (Å²) < 4.78 is 18.8. The Morgan fingerprint density at radius 1 is 1.39 bits per heavy atom. The van der Waals surface area contributed by atoms with Crippen molar-refractivity contribution in [3.63, 3.8) is 0 Å². The summed E-state index contributed by atoms with van der Waals surface area (Å²) in [6.45, 7) is 0. The van der Waals surface area contributed by atoms with Crippen LogP contribution < -0.4 is 4.74 Å². The first kappa shape index (κ1) is 11.2. The van der Waals surface area contributed by atoms with E-state index in [0.29, 0.717) is 23.1 Å². The highest BCUT2D eigenvalue weighted by Gasteiger charge is 2.23. The van der Waals surface area contributed by atoms with Gasteiger partial charge in [-0.05, 0) is 31.0 Å². The summed E-state index contributed by atoms with van der Waals surface area (Å²) in [7, 11) is 1.55. The molecule has 0 radical (unpaired) electrons. The van der Waals surface area contributed by atoms with Crippen LogP contribution >= 0.6 is 0 Å². The van der Waals surface area contributed by atoms with Gasteiger partial charge in [-0.2, -0.15) is 5.10 Å². The first-order valence-electron chi connectivity index (χ1n) is 6.04. The quantitative estimate of drug-likeness (QED) is 0.907. The van der Waals surface area contributed by atoms with Crippen LogP contribution in [0.4, 0.5) is 4.39 Å². The monoisotopic (exact) mass is 247 g/mol. The van der Waals surface area contributed by atoms with Gasteiger partial charge in [0.1, 0.15) is 17.4 Å². The average molecular weight is 247 g/mol. The van der Waals surface area contributed by atoms with Crippen LogP contribution in [0, 0.1) is 5.82 Å². The van der Waals surface area contributed by atoms with E-state index in [-0.39, 0.29) is 5.82 Å². The Balaban J connectivity index is 1.95. The summed E-state index contributed by atoms with van der Waals surface area (Å²) >= 11 is 0. The summed E-state index contributed by atoms with van der Waals surface area (Å²) in [5.41, 5.74) is 0.371. The first-order valence-corrected chi connectivity index (χ1v) is 6.04. The van der Waals surface area contributed by atoms with E-state index in [1.807, 2.05) is 0 Å². The molecule has 0 atom stereocenters. The smallest absolute Gasteiger partial charge is 0.184 e. The number of halogens is 1. The van der Waals surface area contributed by atoms with Crippen LogP contribution in [0.3, 0.4) is 0 Å². The molecule has 1 aromatic heterocycles. The van der Waals surface area contributed by atoms with Gasteiger partial charge in [-0.15, -0.1) is 0 Å². The molecule has 4 nitrogen and oxygen atoms in total. The lowest BCUT2D eigenvalue weighted by atomic mass is 9.85. The van der Waals surface area contributed by atoms with E-state index in [1.165, 1.54) is 12.5 Å². The minimum atomic E-state index is -0.338. The predicted octanol–water partition coefficient (Wildman–Crippen LogP) is 2.89. The third kappa shape index (κ3) is 1.85. The topological polar surface area (TPSA) is 50.8 Å². The average Bonchev–Trinajstić information content (AvgIpc) is 2.76. The first-order chi connectivity index (χ1) is 8.78. The minimum absolute atomic E-state index is 0.338. The van der Waals surface area contributed by atoms with Gasteiger partial charge in [0.15, 0.2) is 5.82 Å². The molecule has 5 heteroatoms. The van der Waals surface area contributed by atoms with Gasteiger partial charge in [0.2, 0.25) is 0 Å². The van der Waals surface area contributed by atoms with Crippen molar-refractivity contribution in [3.8, 4) is 17.1 Å². The number of benzene rings is 1. The van der Waals surface area contributed by atoms with Crippen LogP contribution in [0.5, 0.6) is 5.75 Å². The molecule has 0 bridgehead atoms. The number of nitrogens with one attached hydrogen (secondary N) is 1. The van der Waals surface area contributed by atoms with Crippen LogP contribution in [0.15, 0.2) is 18.2 Å². The Morgan fingerprint density at radius 3 is 2.89 bits per heavy atom. The molecule has 0 saturated heterocycles. The number of aromatic amines is 1. The number of ether oxygens (including phenoxy) is 1. The van der Waals surface area contributed by atoms with Crippen molar-refractivity contribution in [2.24, 2.45) is 0 Å². The maximum Gasteiger partial charge on any atom is 0.184 e. The van der Waals surface area contributed by atoms with Crippen molar-refractivity contribution in [2.45, 2.75) is 25.2 Å². The van der Waals surface area contributed by atoms with E-state index in [9.17, 15) is 4.39 Å². The molecule has 3 rings (SSSR count). The lowest BCUT2D eigenvalue weighted by Gasteiger charge is -2.22. The SMILES string of the molecule is COc1ccc(F)c(-c2n[nH]c(C3CCC3)n2)c1. The van der Waals surface area contributed by atoms with Crippen molar-refractivity contribution >= 4 is 0 Å². The molecule has 1 N–H and O–H groups in total. The van der Waals surface area contributed by atoms with E-state index < -0.39 is 0 Å². The van der Waals surface area contributed by atoms with Crippen LogP contribution in [0.1, 0.15) is 31.0 Å². The van der Waals surface area contributed by atoms with E-state index in [4.69, 9.17) is 4.74 Å². The third-order valence-corrected chi connectivity index (χ3v) is 3.41. The highest BCUT2D eigenvalue weighted by molar-refractivity contribution is 5.58. The second kappa shape index (κ2) is 4.40. The fourth-order valence-electron chi connectivity index (χ4n) is 2.06. The molecule has 1 aliphatic rings. The summed E-state index contributed by atoms with van der Waals surface area (Å²) in [6, 6.07) is 4.56. The summed E-state index contributed by atoms with van der Waals surface area (Å²) in [5, 5.41) is 7.00. The molecule has 1 fully saturated rings. The Hall–Kier alpha value is -1.91. The van der Waals surface area contributed by atoms with Crippen molar-refractivity contribution < 1.29 is 9.13 Å². The van der Waals surface area contributed by atoms with Crippen molar-refractivity contribution in [2.75, 3.05) is 7.11 Å². The number of aromatic nitrogens is 3. The number of H-pyrrole nitrogens is 1. The van der Waals surface area contributed by atoms with Gasteiger partial charge >= 0.3 is 0 Å². The highest BCUT2D eigenvalue weighted by Crippen LogP contribution is 2.35. The van der Waals surface area contributed by atoms with Gasteiger partial charge in [-0.25, -0.2) is 9.37 Å². The zero-order valence-corrected chi connectivity index (χ0v) is 10.1. The molecule has 94 valence electrons. The second-order valence-electron chi connectivity index (χ2n) is 4.52. The number of hydrogen-bond donors (Lipinski definition) is 1. The van der Waals surface area contributed by atoms with Gasteiger partial charge < -0.3 is 4.74 Å². The van der Waals surface area contributed by atoms with Crippen molar-refractivity contribution in [1.82, 2.24) is 15.2 Å². The molecule has 1 heterocycles. The third-order valence-electron chi connectivity index (χ3n) is 3.41.